The highest BCUT2D eigenvalue weighted by Gasteiger charge is 2.16. The van der Waals surface area contributed by atoms with Crippen LogP contribution in [0.2, 0.25) is 0 Å². The third-order valence-corrected chi connectivity index (χ3v) is 3.51. The normalized spacial score (nSPS) is 10.7. The van der Waals surface area contributed by atoms with Gasteiger partial charge in [-0.1, -0.05) is 18.2 Å². The van der Waals surface area contributed by atoms with E-state index in [1.807, 2.05) is 18.2 Å². The maximum atomic E-state index is 11.0. The van der Waals surface area contributed by atoms with Gasteiger partial charge < -0.3 is 20.1 Å². The van der Waals surface area contributed by atoms with E-state index in [0.717, 1.165) is 11.6 Å². The SMILES string of the molecule is COc1ccccc1-c1cc(O)c2nc(C(=O)O)cc(O)c2c1. The Morgan fingerprint density at radius 1 is 1.09 bits per heavy atom. The molecule has 0 radical (unpaired) electrons. The average molecular weight is 311 g/mol. The number of phenols is 1. The Hall–Kier alpha value is -3.28. The molecule has 6 heteroatoms. The molecule has 0 atom stereocenters. The van der Waals surface area contributed by atoms with E-state index < -0.39 is 5.97 Å². The van der Waals surface area contributed by atoms with Crippen LogP contribution in [0, 0.1) is 0 Å². The van der Waals surface area contributed by atoms with E-state index in [2.05, 4.69) is 4.98 Å². The van der Waals surface area contributed by atoms with Crippen molar-refractivity contribution in [2.75, 3.05) is 7.11 Å². The predicted octanol–water partition coefficient (Wildman–Crippen LogP) is 3.02. The summed E-state index contributed by atoms with van der Waals surface area (Å²) in [4.78, 5) is 14.9. The zero-order chi connectivity index (χ0) is 16.6. The maximum Gasteiger partial charge on any atom is 0.354 e. The third kappa shape index (κ3) is 2.50. The van der Waals surface area contributed by atoms with Gasteiger partial charge in [0.05, 0.1) is 7.11 Å². The largest absolute Gasteiger partial charge is 0.507 e. The fraction of sp³-hybridized carbons (Fsp3) is 0.0588. The van der Waals surface area contributed by atoms with Crippen LogP contribution in [-0.4, -0.2) is 33.4 Å². The van der Waals surface area contributed by atoms with Crippen LogP contribution in [0.1, 0.15) is 10.5 Å². The zero-order valence-electron chi connectivity index (χ0n) is 12.1. The molecule has 1 aromatic heterocycles. The number of nitrogens with zero attached hydrogens (tertiary/aromatic N) is 1. The first-order chi connectivity index (χ1) is 11.0. The highest BCUT2D eigenvalue weighted by molar-refractivity contribution is 5.98. The lowest BCUT2D eigenvalue weighted by atomic mass is 10.0. The lowest BCUT2D eigenvalue weighted by Crippen LogP contribution is -2.00. The van der Waals surface area contributed by atoms with Gasteiger partial charge in [0.25, 0.3) is 0 Å². The summed E-state index contributed by atoms with van der Waals surface area (Å²) in [6.45, 7) is 0. The number of ether oxygens (including phenoxy) is 1. The Morgan fingerprint density at radius 3 is 2.52 bits per heavy atom. The minimum absolute atomic E-state index is 0.0287. The first kappa shape index (κ1) is 14.6. The van der Waals surface area contributed by atoms with Crippen LogP contribution in [0.4, 0.5) is 0 Å². The van der Waals surface area contributed by atoms with E-state index in [-0.39, 0.29) is 28.1 Å². The molecule has 3 N–H and O–H groups in total. The van der Waals surface area contributed by atoms with Crippen LogP contribution >= 0.6 is 0 Å². The van der Waals surface area contributed by atoms with Crippen molar-refractivity contribution < 1.29 is 24.9 Å². The number of aromatic hydroxyl groups is 2. The van der Waals surface area contributed by atoms with Gasteiger partial charge in [-0.15, -0.1) is 0 Å². The van der Waals surface area contributed by atoms with Crippen molar-refractivity contribution in [3.8, 4) is 28.4 Å². The number of para-hydroxylation sites is 1. The average Bonchev–Trinajstić information content (AvgIpc) is 2.55. The third-order valence-electron chi connectivity index (χ3n) is 3.51. The summed E-state index contributed by atoms with van der Waals surface area (Å²) < 4.78 is 5.30. The monoisotopic (exact) mass is 311 g/mol. The number of hydrogen-bond donors (Lipinski definition) is 3. The van der Waals surface area contributed by atoms with E-state index in [0.29, 0.717) is 11.3 Å². The molecule has 0 aliphatic rings. The van der Waals surface area contributed by atoms with Crippen molar-refractivity contribution in [2.24, 2.45) is 0 Å². The van der Waals surface area contributed by atoms with Crippen LogP contribution in [0.5, 0.6) is 17.2 Å². The van der Waals surface area contributed by atoms with Gasteiger partial charge in [-0.3, -0.25) is 0 Å². The highest BCUT2D eigenvalue weighted by Crippen LogP contribution is 2.38. The lowest BCUT2D eigenvalue weighted by molar-refractivity contribution is 0.0690. The lowest BCUT2D eigenvalue weighted by Gasteiger charge is -2.11. The standard InChI is InChI=1S/C17H13NO5/c1-23-15-5-3-2-4-10(15)9-6-11-13(19)8-12(17(21)22)18-16(11)14(20)7-9/h2-8,20H,1H3,(H,18,19)(H,21,22). The molecule has 0 saturated heterocycles. The van der Waals surface area contributed by atoms with Crippen molar-refractivity contribution >= 4 is 16.9 Å². The quantitative estimate of drug-likeness (QED) is 0.687. The molecule has 0 spiro atoms. The van der Waals surface area contributed by atoms with Crippen molar-refractivity contribution in [1.29, 1.82) is 0 Å². The molecule has 0 fully saturated rings. The fourth-order valence-corrected chi connectivity index (χ4v) is 2.44. The van der Waals surface area contributed by atoms with E-state index in [1.165, 1.54) is 13.2 Å². The summed E-state index contributed by atoms with van der Waals surface area (Å²) in [5.41, 5.74) is 1.04. The molecule has 0 saturated carbocycles. The zero-order valence-corrected chi connectivity index (χ0v) is 12.1. The summed E-state index contributed by atoms with van der Waals surface area (Å²) in [7, 11) is 1.54. The van der Waals surface area contributed by atoms with E-state index in [1.54, 1.807) is 12.1 Å². The molecular weight excluding hydrogens is 298 g/mol. The summed E-state index contributed by atoms with van der Waals surface area (Å²) in [5.74, 6) is -1.16. The van der Waals surface area contributed by atoms with Gasteiger partial charge in [-0.05, 0) is 23.8 Å². The van der Waals surface area contributed by atoms with Crippen LogP contribution in [0.15, 0.2) is 42.5 Å². The molecule has 3 rings (SSSR count). The number of pyridine rings is 1. The fourth-order valence-electron chi connectivity index (χ4n) is 2.44. The van der Waals surface area contributed by atoms with E-state index in [9.17, 15) is 15.0 Å². The minimum atomic E-state index is -1.28. The van der Waals surface area contributed by atoms with Crippen LogP contribution < -0.4 is 4.74 Å². The van der Waals surface area contributed by atoms with Crippen molar-refractivity contribution in [3.05, 3.63) is 48.2 Å². The first-order valence-corrected chi connectivity index (χ1v) is 6.74. The van der Waals surface area contributed by atoms with E-state index >= 15 is 0 Å². The van der Waals surface area contributed by atoms with Gasteiger partial charge in [0.2, 0.25) is 0 Å². The first-order valence-electron chi connectivity index (χ1n) is 6.74. The number of benzene rings is 2. The molecular formula is C17H13NO5. The van der Waals surface area contributed by atoms with Crippen molar-refractivity contribution in [3.63, 3.8) is 0 Å². The Bertz CT molecular complexity index is 920. The van der Waals surface area contributed by atoms with Crippen molar-refractivity contribution in [2.45, 2.75) is 0 Å². The molecule has 116 valence electrons. The maximum absolute atomic E-state index is 11.0. The van der Waals surface area contributed by atoms with Crippen molar-refractivity contribution in [1.82, 2.24) is 4.98 Å². The second-order valence-corrected chi connectivity index (χ2v) is 4.92. The van der Waals surface area contributed by atoms with Gasteiger partial charge >= 0.3 is 5.97 Å². The second kappa shape index (κ2) is 5.49. The molecule has 1 heterocycles. The molecule has 0 aliphatic heterocycles. The molecule has 2 aromatic carbocycles. The topological polar surface area (TPSA) is 99.9 Å². The molecule has 6 nitrogen and oxygen atoms in total. The number of aromatic carboxylic acids is 1. The molecule has 23 heavy (non-hydrogen) atoms. The Morgan fingerprint density at radius 2 is 1.83 bits per heavy atom. The number of aromatic nitrogens is 1. The molecule has 0 aliphatic carbocycles. The van der Waals surface area contributed by atoms with Gasteiger partial charge in [-0.2, -0.15) is 0 Å². The molecule has 0 bridgehead atoms. The number of carboxylic acids is 1. The van der Waals surface area contributed by atoms with Gasteiger partial charge in [0, 0.05) is 17.0 Å². The van der Waals surface area contributed by atoms with Crippen LogP contribution in [0.25, 0.3) is 22.0 Å². The number of phenolic OH excluding ortho intramolecular Hbond substituents is 1. The number of carbonyl (C=O) groups is 1. The van der Waals surface area contributed by atoms with E-state index in [4.69, 9.17) is 9.84 Å². The summed E-state index contributed by atoms with van der Waals surface area (Å²) in [6.07, 6.45) is 0. The highest BCUT2D eigenvalue weighted by atomic mass is 16.5. The molecule has 0 amide bonds. The molecule has 3 aromatic rings. The van der Waals surface area contributed by atoms with Gasteiger partial charge in [-0.25, -0.2) is 9.78 Å². The minimum Gasteiger partial charge on any atom is -0.507 e. The number of carboxylic acid groups (broad SMARTS) is 1. The smallest absolute Gasteiger partial charge is 0.354 e. The number of fused-ring (bicyclic) bond motifs is 1. The Kier molecular flexibility index (Phi) is 3.50. The van der Waals surface area contributed by atoms with Gasteiger partial charge in [0.15, 0.2) is 5.69 Å². The van der Waals surface area contributed by atoms with Gasteiger partial charge in [0.1, 0.15) is 22.8 Å². The number of methoxy groups -OCH3 is 1. The predicted molar refractivity (Wildman–Crippen MR) is 84.0 cm³/mol. The summed E-state index contributed by atoms with van der Waals surface area (Å²) >= 11 is 0. The Labute approximate surface area is 131 Å². The number of rotatable bonds is 3. The van der Waals surface area contributed by atoms with Crippen LogP contribution in [-0.2, 0) is 0 Å². The Balaban J connectivity index is 2.28. The molecule has 0 unspecified atom stereocenters. The summed E-state index contributed by atoms with van der Waals surface area (Å²) in [6, 6.07) is 11.4. The summed E-state index contributed by atoms with van der Waals surface area (Å²) in [5, 5.41) is 29.5. The second-order valence-electron chi connectivity index (χ2n) is 4.92. The van der Waals surface area contributed by atoms with Crippen LogP contribution in [0.3, 0.4) is 0 Å². The number of hydrogen-bond acceptors (Lipinski definition) is 5.